The Labute approximate surface area is 59.0 Å². The van der Waals surface area contributed by atoms with E-state index in [1.807, 2.05) is 0 Å². The fraction of sp³-hybridized carbons (Fsp3) is 0.333. The number of nitrogens with zero attached hydrogens (tertiary/aromatic N) is 2. The van der Waals surface area contributed by atoms with Gasteiger partial charge in [-0.05, 0) is 0 Å². The highest BCUT2D eigenvalue weighted by Crippen LogP contribution is 1.92. The van der Waals surface area contributed by atoms with Crippen LogP contribution in [0.25, 0.3) is 0 Å². The maximum atomic E-state index is 10.1. The van der Waals surface area contributed by atoms with Crippen molar-refractivity contribution in [2.45, 2.75) is 0 Å². The first-order valence-corrected chi connectivity index (χ1v) is 2.59. The molecule has 1 N–H and O–H groups in total. The summed E-state index contributed by atoms with van der Waals surface area (Å²) >= 11 is 0. The molecule has 0 spiro atoms. The van der Waals surface area contributed by atoms with Crippen molar-refractivity contribution >= 4 is 5.97 Å². The quantitative estimate of drug-likeness (QED) is 0.434. The molecule has 0 rings (SSSR count). The number of carboxylic acid groups (broad SMARTS) is 1. The summed E-state index contributed by atoms with van der Waals surface area (Å²) in [5.74, 6) is -1.20. The Morgan fingerprint density at radius 2 is 2.20 bits per heavy atom. The first kappa shape index (κ1) is 8.50. The van der Waals surface area contributed by atoms with E-state index in [4.69, 9.17) is 10.4 Å². The average Bonchev–Trinajstić information content (AvgIpc) is 1.81. The summed E-state index contributed by atoms with van der Waals surface area (Å²) in [4.78, 5) is 11.7. The number of carbonyl (C=O) groups is 1. The van der Waals surface area contributed by atoms with Gasteiger partial charge in [0.05, 0.1) is 0 Å². The van der Waals surface area contributed by atoms with Gasteiger partial charge in [-0.3, -0.25) is 0 Å². The molecule has 0 unspecified atom stereocenters. The van der Waals surface area contributed by atoms with Crippen LogP contribution in [0, 0.1) is 11.3 Å². The minimum Gasteiger partial charge on any atom is -0.477 e. The highest BCUT2D eigenvalue weighted by Gasteiger charge is 2.04. The lowest BCUT2D eigenvalue weighted by Crippen LogP contribution is -2.07. The Morgan fingerprint density at radius 1 is 1.70 bits per heavy atom. The molecule has 0 atom stereocenters. The Kier molecular flexibility index (Phi) is 2.98. The second-order valence-electron chi connectivity index (χ2n) is 1.92. The summed E-state index contributed by atoms with van der Waals surface area (Å²) in [6.45, 7) is 0. The van der Waals surface area contributed by atoms with Crippen molar-refractivity contribution in [2.24, 2.45) is 0 Å². The summed E-state index contributed by atoms with van der Waals surface area (Å²) in [7, 11) is 3.31. The lowest BCUT2D eigenvalue weighted by atomic mass is 10.3. The van der Waals surface area contributed by atoms with E-state index in [9.17, 15) is 4.79 Å². The van der Waals surface area contributed by atoms with Gasteiger partial charge < -0.3 is 10.0 Å². The van der Waals surface area contributed by atoms with Crippen LogP contribution in [0.15, 0.2) is 11.8 Å². The molecule has 0 aliphatic heterocycles. The van der Waals surface area contributed by atoms with E-state index in [0.717, 1.165) is 0 Å². The molecule has 0 saturated heterocycles. The minimum absolute atomic E-state index is 0.259. The Balaban J connectivity index is 4.39. The number of hydrogen-bond acceptors (Lipinski definition) is 3. The van der Waals surface area contributed by atoms with Crippen LogP contribution in [0.4, 0.5) is 0 Å². The molecule has 0 aliphatic carbocycles. The van der Waals surface area contributed by atoms with Crippen LogP contribution < -0.4 is 0 Å². The van der Waals surface area contributed by atoms with E-state index < -0.39 is 5.97 Å². The lowest BCUT2D eigenvalue weighted by Gasteiger charge is -2.02. The van der Waals surface area contributed by atoms with Gasteiger partial charge in [0.2, 0.25) is 0 Å². The van der Waals surface area contributed by atoms with Crippen LogP contribution in [0.1, 0.15) is 0 Å². The van der Waals surface area contributed by atoms with Crippen molar-refractivity contribution < 1.29 is 9.90 Å². The first-order chi connectivity index (χ1) is 4.57. The van der Waals surface area contributed by atoms with Crippen molar-refractivity contribution in [1.82, 2.24) is 4.90 Å². The van der Waals surface area contributed by atoms with E-state index in [1.54, 1.807) is 20.2 Å². The SMILES string of the molecule is CN(C)/C=C(/C#N)C(=O)O. The smallest absolute Gasteiger partial charge is 0.347 e. The molecule has 0 fully saturated rings. The molecule has 0 aromatic heterocycles. The summed E-state index contributed by atoms with van der Waals surface area (Å²) in [6, 6.07) is 1.55. The number of rotatable bonds is 2. The van der Waals surface area contributed by atoms with Gasteiger partial charge in [0.25, 0.3) is 0 Å². The summed E-state index contributed by atoms with van der Waals surface area (Å²) in [5, 5.41) is 16.5. The molecule has 54 valence electrons. The summed E-state index contributed by atoms with van der Waals surface area (Å²) in [6.07, 6.45) is 1.25. The van der Waals surface area contributed by atoms with Gasteiger partial charge in [0, 0.05) is 20.3 Å². The van der Waals surface area contributed by atoms with E-state index in [0.29, 0.717) is 0 Å². The van der Waals surface area contributed by atoms with Crippen LogP contribution in [-0.2, 0) is 4.79 Å². The zero-order chi connectivity index (χ0) is 8.15. The summed E-state index contributed by atoms with van der Waals surface area (Å²) in [5.41, 5.74) is -0.259. The van der Waals surface area contributed by atoms with Gasteiger partial charge >= 0.3 is 5.97 Å². The van der Waals surface area contributed by atoms with Crippen LogP contribution in [0.3, 0.4) is 0 Å². The highest BCUT2D eigenvalue weighted by atomic mass is 16.4. The zero-order valence-corrected chi connectivity index (χ0v) is 5.83. The molecule has 0 aliphatic rings. The van der Waals surface area contributed by atoms with Gasteiger partial charge in [-0.15, -0.1) is 0 Å². The van der Waals surface area contributed by atoms with Gasteiger partial charge in [-0.2, -0.15) is 5.26 Å². The van der Waals surface area contributed by atoms with Gasteiger partial charge in [0.15, 0.2) is 5.57 Å². The molecule has 0 bridgehead atoms. The Morgan fingerprint density at radius 3 is 2.30 bits per heavy atom. The van der Waals surface area contributed by atoms with Crippen molar-refractivity contribution in [3.05, 3.63) is 11.8 Å². The Hall–Kier alpha value is -1.50. The topological polar surface area (TPSA) is 64.3 Å². The predicted molar refractivity (Wildman–Crippen MR) is 35.0 cm³/mol. The van der Waals surface area contributed by atoms with Crippen LogP contribution >= 0.6 is 0 Å². The predicted octanol–water partition coefficient (Wildman–Crippen LogP) is 0.0401. The maximum absolute atomic E-state index is 10.1. The number of aliphatic carboxylic acids is 1. The fourth-order valence-electron chi connectivity index (χ4n) is 0.390. The van der Waals surface area contributed by atoms with Crippen LogP contribution in [0.2, 0.25) is 0 Å². The van der Waals surface area contributed by atoms with Crippen LogP contribution in [-0.4, -0.2) is 30.1 Å². The van der Waals surface area contributed by atoms with Crippen LogP contribution in [0.5, 0.6) is 0 Å². The van der Waals surface area contributed by atoms with E-state index in [2.05, 4.69) is 0 Å². The second-order valence-corrected chi connectivity index (χ2v) is 1.92. The van der Waals surface area contributed by atoms with E-state index in [-0.39, 0.29) is 5.57 Å². The van der Waals surface area contributed by atoms with Crippen molar-refractivity contribution in [3.63, 3.8) is 0 Å². The van der Waals surface area contributed by atoms with Gasteiger partial charge in [0.1, 0.15) is 6.07 Å². The van der Waals surface area contributed by atoms with Crippen molar-refractivity contribution in [2.75, 3.05) is 14.1 Å². The molecular formula is C6H8N2O2. The molecule has 0 heterocycles. The van der Waals surface area contributed by atoms with Crippen molar-refractivity contribution in [1.29, 1.82) is 5.26 Å². The average molecular weight is 140 g/mol. The van der Waals surface area contributed by atoms with Crippen molar-refractivity contribution in [3.8, 4) is 6.07 Å². The second kappa shape index (κ2) is 3.51. The molecular weight excluding hydrogens is 132 g/mol. The standard InChI is InChI=1S/C6H8N2O2/c1-8(2)4-5(3-7)6(9)10/h4H,1-2H3,(H,9,10)/b5-4-. The molecule has 4 heteroatoms. The lowest BCUT2D eigenvalue weighted by molar-refractivity contribution is -0.132. The van der Waals surface area contributed by atoms with E-state index >= 15 is 0 Å². The molecule has 0 saturated carbocycles. The number of hydrogen-bond donors (Lipinski definition) is 1. The molecule has 0 aromatic rings. The monoisotopic (exact) mass is 140 g/mol. The van der Waals surface area contributed by atoms with E-state index in [1.165, 1.54) is 11.1 Å². The number of carboxylic acids is 1. The normalized spacial score (nSPS) is 10.3. The fourth-order valence-corrected chi connectivity index (χ4v) is 0.390. The third-order valence-corrected chi connectivity index (χ3v) is 0.738. The third kappa shape index (κ3) is 2.72. The Bertz CT molecular complexity index is 200. The molecule has 0 amide bonds. The molecule has 0 radical (unpaired) electrons. The molecule has 0 aromatic carbocycles. The molecule has 4 nitrogen and oxygen atoms in total. The largest absolute Gasteiger partial charge is 0.477 e. The number of nitriles is 1. The zero-order valence-electron chi connectivity index (χ0n) is 5.83. The van der Waals surface area contributed by atoms with Gasteiger partial charge in [-0.1, -0.05) is 0 Å². The summed E-state index contributed by atoms with van der Waals surface area (Å²) < 4.78 is 0. The first-order valence-electron chi connectivity index (χ1n) is 2.59. The highest BCUT2D eigenvalue weighted by molar-refractivity contribution is 5.90. The minimum atomic E-state index is -1.20. The van der Waals surface area contributed by atoms with Gasteiger partial charge in [-0.25, -0.2) is 4.79 Å². The molecule has 10 heavy (non-hydrogen) atoms. The maximum Gasteiger partial charge on any atom is 0.347 e. The third-order valence-electron chi connectivity index (χ3n) is 0.738.